The van der Waals surface area contributed by atoms with E-state index in [4.69, 9.17) is 4.74 Å². The van der Waals surface area contributed by atoms with E-state index in [2.05, 4.69) is 36.0 Å². The quantitative estimate of drug-likeness (QED) is 0.750. The molecule has 0 spiro atoms. The molecule has 84 valence electrons. The number of methoxy groups -OCH3 is 1. The van der Waals surface area contributed by atoms with E-state index in [1.807, 2.05) is 13.8 Å². The summed E-state index contributed by atoms with van der Waals surface area (Å²) in [6.07, 6.45) is 0. The first-order valence-corrected chi connectivity index (χ1v) is 5.15. The van der Waals surface area contributed by atoms with Gasteiger partial charge in [0.05, 0.1) is 7.11 Å². The molecule has 0 radical (unpaired) electrons. The molecule has 0 saturated carbocycles. The van der Waals surface area contributed by atoms with Gasteiger partial charge in [0.1, 0.15) is 5.69 Å². The van der Waals surface area contributed by atoms with E-state index in [1.165, 1.54) is 0 Å². The third-order valence-corrected chi connectivity index (χ3v) is 2.09. The predicted molar refractivity (Wildman–Crippen MR) is 59.2 cm³/mol. The van der Waals surface area contributed by atoms with Crippen molar-refractivity contribution in [3.63, 3.8) is 0 Å². The van der Waals surface area contributed by atoms with Gasteiger partial charge in [0.2, 0.25) is 5.88 Å². The summed E-state index contributed by atoms with van der Waals surface area (Å²) in [6.45, 7) is 10.3. The highest BCUT2D eigenvalue weighted by Crippen LogP contribution is 2.27. The summed E-state index contributed by atoms with van der Waals surface area (Å²) in [4.78, 5) is 4.36. The molecule has 0 aliphatic heterocycles. The lowest BCUT2D eigenvalue weighted by Crippen LogP contribution is -2.18. The van der Waals surface area contributed by atoms with Crippen LogP contribution in [0.3, 0.4) is 0 Å². The molecule has 1 aromatic heterocycles. The Balaban J connectivity index is 3.21. The molecule has 0 fully saturated rings. The van der Waals surface area contributed by atoms with E-state index >= 15 is 0 Å². The predicted octanol–water partition coefficient (Wildman–Crippen LogP) is 2.30. The second-order valence-corrected chi connectivity index (χ2v) is 4.93. The van der Waals surface area contributed by atoms with Crippen LogP contribution in [-0.2, 0) is 5.41 Å². The Morgan fingerprint density at radius 2 is 1.73 bits per heavy atom. The number of aromatic nitrogens is 3. The molecule has 0 amide bonds. The van der Waals surface area contributed by atoms with Gasteiger partial charge < -0.3 is 4.74 Å². The second kappa shape index (κ2) is 4.13. The van der Waals surface area contributed by atoms with Crippen LogP contribution in [0.4, 0.5) is 0 Å². The molecule has 15 heavy (non-hydrogen) atoms. The van der Waals surface area contributed by atoms with Gasteiger partial charge in [0, 0.05) is 11.3 Å². The Kier molecular flexibility index (Phi) is 3.27. The van der Waals surface area contributed by atoms with Crippen molar-refractivity contribution >= 4 is 0 Å². The van der Waals surface area contributed by atoms with Gasteiger partial charge in [-0.2, -0.15) is 4.98 Å². The molecule has 0 bridgehead atoms. The monoisotopic (exact) mass is 209 g/mol. The van der Waals surface area contributed by atoms with Crippen molar-refractivity contribution < 1.29 is 4.74 Å². The van der Waals surface area contributed by atoms with Crippen molar-refractivity contribution in [1.82, 2.24) is 15.2 Å². The first-order valence-electron chi connectivity index (χ1n) is 5.15. The third-order valence-electron chi connectivity index (χ3n) is 2.09. The largest absolute Gasteiger partial charge is 0.480 e. The lowest BCUT2D eigenvalue weighted by atomic mass is 9.92. The zero-order chi connectivity index (χ0) is 11.6. The highest BCUT2D eigenvalue weighted by atomic mass is 16.5. The van der Waals surface area contributed by atoms with Crippen molar-refractivity contribution in [2.24, 2.45) is 0 Å². The number of hydrogen-bond acceptors (Lipinski definition) is 4. The van der Waals surface area contributed by atoms with E-state index in [0.29, 0.717) is 5.88 Å². The van der Waals surface area contributed by atoms with Crippen molar-refractivity contribution in [2.75, 3.05) is 7.11 Å². The number of rotatable bonds is 2. The number of ether oxygens (including phenoxy) is 1. The second-order valence-electron chi connectivity index (χ2n) is 4.93. The summed E-state index contributed by atoms with van der Waals surface area (Å²) in [7, 11) is 1.61. The highest BCUT2D eigenvalue weighted by molar-refractivity contribution is 5.24. The van der Waals surface area contributed by atoms with Gasteiger partial charge in [-0.3, -0.25) is 0 Å². The number of nitrogens with zero attached hydrogens (tertiary/aromatic N) is 3. The molecule has 0 aliphatic rings. The first-order chi connectivity index (χ1) is 6.86. The molecule has 4 nitrogen and oxygen atoms in total. The Labute approximate surface area is 91.1 Å². The lowest BCUT2D eigenvalue weighted by molar-refractivity contribution is 0.366. The average molecular weight is 209 g/mol. The molecular weight excluding hydrogens is 190 g/mol. The molecule has 0 saturated heterocycles. The third kappa shape index (κ3) is 2.64. The summed E-state index contributed by atoms with van der Waals surface area (Å²) >= 11 is 0. The Hall–Kier alpha value is -1.19. The van der Waals surface area contributed by atoms with Gasteiger partial charge in [-0.15, -0.1) is 10.2 Å². The van der Waals surface area contributed by atoms with E-state index < -0.39 is 0 Å². The van der Waals surface area contributed by atoms with E-state index in [0.717, 1.165) is 11.5 Å². The molecule has 0 aromatic carbocycles. The van der Waals surface area contributed by atoms with Crippen LogP contribution in [0, 0.1) is 0 Å². The minimum atomic E-state index is -0.0964. The fourth-order valence-corrected chi connectivity index (χ4v) is 1.18. The van der Waals surface area contributed by atoms with Crippen LogP contribution in [0.2, 0.25) is 0 Å². The van der Waals surface area contributed by atoms with Gasteiger partial charge in [-0.25, -0.2) is 0 Å². The zero-order valence-electron chi connectivity index (χ0n) is 10.3. The summed E-state index contributed by atoms with van der Waals surface area (Å²) < 4.78 is 5.25. The van der Waals surface area contributed by atoms with Crippen LogP contribution in [-0.4, -0.2) is 22.3 Å². The van der Waals surface area contributed by atoms with Crippen LogP contribution >= 0.6 is 0 Å². The smallest absolute Gasteiger partial charge is 0.239 e. The Bertz CT molecular complexity index is 342. The van der Waals surface area contributed by atoms with Gasteiger partial charge in [-0.05, 0) is 0 Å². The van der Waals surface area contributed by atoms with Crippen LogP contribution in [0.15, 0.2) is 0 Å². The van der Waals surface area contributed by atoms with E-state index in [9.17, 15) is 0 Å². The molecule has 0 unspecified atom stereocenters. The molecule has 0 N–H and O–H groups in total. The molecule has 1 heterocycles. The summed E-state index contributed by atoms with van der Waals surface area (Å²) in [5, 5.41) is 8.32. The molecular formula is C11H19N3O. The average Bonchev–Trinajstić information content (AvgIpc) is 2.15. The molecule has 1 rings (SSSR count). The molecule has 0 aliphatic carbocycles. The van der Waals surface area contributed by atoms with Crippen molar-refractivity contribution in [3.8, 4) is 5.88 Å². The standard InChI is InChI=1S/C11H19N3O/c1-7(2)9-12-10(15-6)8(13-14-9)11(3,4)5/h7H,1-6H3. The maximum Gasteiger partial charge on any atom is 0.239 e. The van der Waals surface area contributed by atoms with Crippen molar-refractivity contribution in [1.29, 1.82) is 0 Å². The van der Waals surface area contributed by atoms with Crippen LogP contribution < -0.4 is 4.74 Å². The fraction of sp³-hybridized carbons (Fsp3) is 0.727. The van der Waals surface area contributed by atoms with Crippen molar-refractivity contribution in [2.45, 2.75) is 46.0 Å². The van der Waals surface area contributed by atoms with Crippen LogP contribution in [0.25, 0.3) is 0 Å². The Morgan fingerprint density at radius 1 is 1.13 bits per heavy atom. The molecule has 0 atom stereocenters. The van der Waals surface area contributed by atoms with Crippen molar-refractivity contribution in [3.05, 3.63) is 11.5 Å². The topological polar surface area (TPSA) is 47.9 Å². The van der Waals surface area contributed by atoms with Gasteiger partial charge >= 0.3 is 0 Å². The minimum Gasteiger partial charge on any atom is -0.480 e. The summed E-state index contributed by atoms with van der Waals surface area (Å²) in [5.74, 6) is 1.57. The van der Waals surface area contributed by atoms with Crippen LogP contribution in [0.1, 0.15) is 52.1 Å². The summed E-state index contributed by atoms with van der Waals surface area (Å²) in [6, 6.07) is 0. The SMILES string of the molecule is COc1nc(C(C)C)nnc1C(C)(C)C. The first kappa shape index (κ1) is 11.9. The zero-order valence-corrected chi connectivity index (χ0v) is 10.3. The maximum atomic E-state index is 5.25. The molecule has 1 aromatic rings. The van der Waals surface area contributed by atoms with Gasteiger partial charge in [0.25, 0.3) is 0 Å². The van der Waals surface area contributed by atoms with E-state index in [-0.39, 0.29) is 11.3 Å². The maximum absolute atomic E-state index is 5.25. The highest BCUT2D eigenvalue weighted by Gasteiger charge is 2.23. The number of hydrogen-bond donors (Lipinski definition) is 0. The fourth-order valence-electron chi connectivity index (χ4n) is 1.18. The van der Waals surface area contributed by atoms with Crippen LogP contribution in [0.5, 0.6) is 5.88 Å². The normalized spacial score (nSPS) is 11.9. The lowest BCUT2D eigenvalue weighted by Gasteiger charge is -2.19. The van der Waals surface area contributed by atoms with E-state index in [1.54, 1.807) is 7.11 Å². The summed E-state index contributed by atoms with van der Waals surface area (Å²) in [5.41, 5.74) is 0.704. The Morgan fingerprint density at radius 3 is 2.13 bits per heavy atom. The van der Waals surface area contributed by atoms with Gasteiger partial charge in [0.15, 0.2) is 5.82 Å². The van der Waals surface area contributed by atoms with Gasteiger partial charge in [-0.1, -0.05) is 34.6 Å². The molecule has 4 heteroatoms. The minimum absolute atomic E-state index is 0.0964.